The first-order chi connectivity index (χ1) is 7.51. The van der Waals surface area contributed by atoms with E-state index < -0.39 is 5.54 Å². The molecule has 0 aromatic carbocycles. The number of nitrogens with zero attached hydrogens (tertiary/aromatic N) is 1. The third-order valence-electron chi connectivity index (χ3n) is 4.12. The van der Waals surface area contributed by atoms with Crippen molar-refractivity contribution in [2.24, 2.45) is 11.7 Å². The minimum Gasteiger partial charge on any atom is -0.351 e. The molecule has 1 amide bonds. The van der Waals surface area contributed by atoms with Crippen LogP contribution in [0.4, 0.5) is 0 Å². The summed E-state index contributed by atoms with van der Waals surface area (Å²) >= 11 is 0. The van der Waals surface area contributed by atoms with Crippen LogP contribution in [-0.2, 0) is 4.79 Å². The van der Waals surface area contributed by atoms with E-state index in [4.69, 9.17) is 5.73 Å². The summed E-state index contributed by atoms with van der Waals surface area (Å²) in [6, 6.07) is 0.310. The summed E-state index contributed by atoms with van der Waals surface area (Å²) in [5.41, 5.74) is 5.46. The number of hydrogen-bond donors (Lipinski definition) is 2. The number of piperidine rings is 1. The van der Waals surface area contributed by atoms with Gasteiger partial charge in [0.1, 0.15) is 0 Å². The molecule has 2 aliphatic rings. The Hall–Kier alpha value is -0.610. The first-order valence-electron chi connectivity index (χ1n) is 6.30. The van der Waals surface area contributed by atoms with Gasteiger partial charge in [-0.15, -0.1) is 0 Å². The number of nitrogens with one attached hydrogen (secondary N) is 1. The molecule has 4 nitrogen and oxygen atoms in total. The third kappa shape index (κ3) is 2.23. The minimum absolute atomic E-state index is 0.0696. The Morgan fingerprint density at radius 3 is 2.69 bits per heavy atom. The van der Waals surface area contributed by atoms with Crippen molar-refractivity contribution in [2.45, 2.75) is 44.2 Å². The molecule has 2 unspecified atom stereocenters. The van der Waals surface area contributed by atoms with Gasteiger partial charge in [0.15, 0.2) is 0 Å². The average Bonchev–Trinajstić information content (AvgIpc) is 2.18. The van der Waals surface area contributed by atoms with Crippen molar-refractivity contribution in [3.8, 4) is 0 Å². The molecule has 0 aromatic rings. The summed E-state index contributed by atoms with van der Waals surface area (Å²) in [5, 5.41) is 3.14. The highest BCUT2D eigenvalue weighted by Gasteiger charge is 2.41. The van der Waals surface area contributed by atoms with E-state index in [1.807, 2.05) is 0 Å². The zero-order chi connectivity index (χ0) is 11.8. The molecule has 1 saturated carbocycles. The van der Waals surface area contributed by atoms with Gasteiger partial charge in [-0.1, -0.05) is 6.92 Å². The van der Waals surface area contributed by atoms with E-state index in [9.17, 15) is 4.79 Å². The predicted octanol–water partition coefficient (Wildman–Crippen LogP) is 0.324. The van der Waals surface area contributed by atoms with Gasteiger partial charge in [0.05, 0.1) is 5.54 Å². The first kappa shape index (κ1) is 11.9. The molecule has 1 aliphatic carbocycles. The average molecular weight is 225 g/mol. The lowest BCUT2D eigenvalue weighted by molar-refractivity contribution is -0.130. The van der Waals surface area contributed by atoms with Crippen LogP contribution in [0.2, 0.25) is 0 Å². The van der Waals surface area contributed by atoms with Gasteiger partial charge in [0, 0.05) is 12.6 Å². The minimum atomic E-state index is -0.553. The first-order valence-corrected chi connectivity index (χ1v) is 6.30. The Kier molecular flexibility index (Phi) is 3.22. The van der Waals surface area contributed by atoms with Crippen LogP contribution in [0.1, 0.15) is 32.6 Å². The lowest BCUT2D eigenvalue weighted by Gasteiger charge is -2.40. The number of hydrogen-bond acceptors (Lipinski definition) is 3. The summed E-state index contributed by atoms with van der Waals surface area (Å²) < 4.78 is 0. The van der Waals surface area contributed by atoms with Crippen molar-refractivity contribution in [2.75, 3.05) is 20.1 Å². The number of carbonyl (C=O) groups excluding carboxylic acids is 1. The zero-order valence-corrected chi connectivity index (χ0v) is 10.3. The van der Waals surface area contributed by atoms with E-state index in [2.05, 4.69) is 24.2 Å². The second-order valence-electron chi connectivity index (χ2n) is 5.62. The number of likely N-dealkylation sites (tertiary alicyclic amines) is 1. The Morgan fingerprint density at radius 2 is 2.19 bits per heavy atom. The van der Waals surface area contributed by atoms with Crippen LogP contribution in [0.3, 0.4) is 0 Å². The standard InChI is InChI=1S/C12H23N3O/c1-9-8-15(2)7-4-10(9)14-11(16)12(13)5-3-6-12/h9-10H,3-8,13H2,1-2H3,(H,14,16). The molecule has 1 heterocycles. The molecule has 0 spiro atoms. The molecule has 0 bridgehead atoms. The molecule has 3 N–H and O–H groups in total. The van der Waals surface area contributed by atoms with Crippen LogP contribution in [-0.4, -0.2) is 42.5 Å². The van der Waals surface area contributed by atoms with Crippen molar-refractivity contribution in [1.29, 1.82) is 0 Å². The molecule has 2 fully saturated rings. The van der Waals surface area contributed by atoms with E-state index in [0.717, 1.165) is 38.8 Å². The highest BCUT2D eigenvalue weighted by atomic mass is 16.2. The quantitative estimate of drug-likeness (QED) is 0.712. The highest BCUT2D eigenvalue weighted by molar-refractivity contribution is 5.87. The van der Waals surface area contributed by atoms with Crippen molar-refractivity contribution in [1.82, 2.24) is 10.2 Å². The molecule has 92 valence electrons. The van der Waals surface area contributed by atoms with Crippen molar-refractivity contribution in [3.63, 3.8) is 0 Å². The van der Waals surface area contributed by atoms with Crippen LogP contribution in [0, 0.1) is 5.92 Å². The Balaban J connectivity index is 1.87. The second-order valence-corrected chi connectivity index (χ2v) is 5.62. The van der Waals surface area contributed by atoms with Gasteiger partial charge in [-0.05, 0) is 45.2 Å². The van der Waals surface area contributed by atoms with Gasteiger partial charge in [0.2, 0.25) is 5.91 Å². The fraction of sp³-hybridized carbons (Fsp3) is 0.917. The molecule has 1 saturated heterocycles. The van der Waals surface area contributed by atoms with E-state index in [1.165, 1.54) is 0 Å². The molecule has 16 heavy (non-hydrogen) atoms. The predicted molar refractivity (Wildman–Crippen MR) is 64.0 cm³/mol. The SMILES string of the molecule is CC1CN(C)CCC1NC(=O)C1(N)CCC1. The lowest BCUT2D eigenvalue weighted by Crippen LogP contribution is -2.62. The van der Waals surface area contributed by atoms with Crippen LogP contribution in [0.15, 0.2) is 0 Å². The summed E-state index contributed by atoms with van der Waals surface area (Å²) in [6.45, 7) is 4.32. The largest absolute Gasteiger partial charge is 0.351 e. The van der Waals surface area contributed by atoms with Gasteiger partial charge in [-0.25, -0.2) is 0 Å². The van der Waals surface area contributed by atoms with Gasteiger partial charge in [-0.2, -0.15) is 0 Å². The fourth-order valence-electron chi connectivity index (χ4n) is 2.67. The number of amides is 1. The maximum atomic E-state index is 12.0. The molecular formula is C12H23N3O. The van der Waals surface area contributed by atoms with E-state index in [-0.39, 0.29) is 5.91 Å². The third-order valence-corrected chi connectivity index (χ3v) is 4.12. The molecular weight excluding hydrogens is 202 g/mol. The molecule has 4 heteroatoms. The summed E-state index contributed by atoms with van der Waals surface area (Å²) in [4.78, 5) is 14.3. The van der Waals surface area contributed by atoms with Crippen molar-refractivity contribution >= 4 is 5.91 Å². The molecule has 0 radical (unpaired) electrons. The van der Waals surface area contributed by atoms with Crippen LogP contribution in [0.5, 0.6) is 0 Å². The molecule has 1 aliphatic heterocycles. The fourth-order valence-corrected chi connectivity index (χ4v) is 2.67. The van der Waals surface area contributed by atoms with Crippen LogP contribution < -0.4 is 11.1 Å². The van der Waals surface area contributed by atoms with Gasteiger partial charge >= 0.3 is 0 Å². The van der Waals surface area contributed by atoms with Crippen LogP contribution >= 0.6 is 0 Å². The monoisotopic (exact) mass is 225 g/mol. The van der Waals surface area contributed by atoms with Crippen molar-refractivity contribution in [3.05, 3.63) is 0 Å². The summed E-state index contributed by atoms with van der Waals surface area (Å²) in [7, 11) is 2.13. The summed E-state index contributed by atoms with van der Waals surface area (Å²) in [6.07, 6.45) is 3.83. The highest BCUT2D eigenvalue weighted by Crippen LogP contribution is 2.29. The normalized spacial score (nSPS) is 34.2. The second kappa shape index (κ2) is 4.34. The van der Waals surface area contributed by atoms with Gasteiger partial charge in [-0.3, -0.25) is 4.79 Å². The van der Waals surface area contributed by atoms with Crippen LogP contribution in [0.25, 0.3) is 0 Å². The Morgan fingerprint density at radius 1 is 1.50 bits per heavy atom. The summed E-state index contributed by atoms with van der Waals surface area (Å²) in [5.74, 6) is 0.589. The Bertz CT molecular complexity index is 275. The topological polar surface area (TPSA) is 58.4 Å². The molecule has 0 aromatic heterocycles. The number of rotatable bonds is 2. The van der Waals surface area contributed by atoms with E-state index >= 15 is 0 Å². The van der Waals surface area contributed by atoms with E-state index in [1.54, 1.807) is 0 Å². The Labute approximate surface area is 97.6 Å². The smallest absolute Gasteiger partial charge is 0.240 e. The van der Waals surface area contributed by atoms with Gasteiger partial charge in [0.25, 0.3) is 0 Å². The van der Waals surface area contributed by atoms with E-state index in [0.29, 0.717) is 12.0 Å². The zero-order valence-electron chi connectivity index (χ0n) is 10.3. The van der Waals surface area contributed by atoms with Gasteiger partial charge < -0.3 is 16.0 Å². The number of carbonyl (C=O) groups is 1. The maximum absolute atomic E-state index is 12.0. The molecule has 2 atom stereocenters. The maximum Gasteiger partial charge on any atom is 0.240 e. The van der Waals surface area contributed by atoms with Crippen molar-refractivity contribution < 1.29 is 4.79 Å². The molecule has 2 rings (SSSR count). The number of nitrogens with two attached hydrogens (primary N) is 1. The lowest BCUT2D eigenvalue weighted by atomic mass is 9.76.